The van der Waals surface area contributed by atoms with Gasteiger partial charge in [-0.15, -0.1) is 0 Å². The van der Waals surface area contributed by atoms with Crippen LogP contribution in [0.5, 0.6) is 5.75 Å². The zero-order valence-corrected chi connectivity index (χ0v) is 24.6. The van der Waals surface area contributed by atoms with Crippen LogP contribution in [0.3, 0.4) is 0 Å². The second-order valence-electron chi connectivity index (χ2n) is 10.6. The predicted octanol–water partition coefficient (Wildman–Crippen LogP) is 2.60. The molecule has 1 fully saturated rings. The molecule has 0 N–H and O–H groups in total. The highest BCUT2D eigenvalue weighted by molar-refractivity contribution is 6.32. The average Bonchev–Trinajstić information content (AvgIpc) is 3.16. The van der Waals surface area contributed by atoms with Crippen LogP contribution in [0.25, 0.3) is 11.1 Å². The number of benzene rings is 2. The Bertz CT molecular complexity index is 1590. The van der Waals surface area contributed by atoms with E-state index in [0.29, 0.717) is 55.2 Å². The summed E-state index contributed by atoms with van der Waals surface area (Å²) in [5.74, 6) is 0.198. The van der Waals surface area contributed by atoms with Crippen molar-refractivity contribution in [2.24, 2.45) is 0 Å². The fourth-order valence-electron chi connectivity index (χ4n) is 5.92. The summed E-state index contributed by atoms with van der Waals surface area (Å²) in [6.07, 6.45) is 3.96. The van der Waals surface area contributed by atoms with Crippen LogP contribution in [0.4, 0.5) is 0 Å². The molecule has 1 saturated heterocycles. The summed E-state index contributed by atoms with van der Waals surface area (Å²) in [6.45, 7) is 1.57. The summed E-state index contributed by atoms with van der Waals surface area (Å²) in [5.41, 5.74) is 1.80. The number of para-hydroxylation sites is 1. The molecular weight excluding hydrogens is 560 g/mol. The minimum Gasteiger partial charge on any atom is -0.495 e. The highest BCUT2D eigenvalue weighted by Gasteiger charge is 2.31. The number of hydrogen-bond acceptors (Lipinski definition) is 6. The highest BCUT2D eigenvalue weighted by Crippen LogP contribution is 2.34. The highest BCUT2D eigenvalue weighted by atomic mass is 35.5. The Morgan fingerprint density at radius 1 is 0.952 bits per heavy atom. The van der Waals surface area contributed by atoms with E-state index in [9.17, 15) is 19.2 Å². The number of halogens is 1. The van der Waals surface area contributed by atoms with E-state index in [2.05, 4.69) is 6.07 Å². The molecule has 0 unspecified atom stereocenters. The Balaban J connectivity index is 1.33. The number of fused-ring (bicyclic) bond motifs is 1. The van der Waals surface area contributed by atoms with E-state index in [4.69, 9.17) is 21.1 Å². The maximum absolute atomic E-state index is 13.4. The molecule has 11 heteroatoms. The van der Waals surface area contributed by atoms with Crippen molar-refractivity contribution in [3.8, 4) is 16.9 Å². The third kappa shape index (κ3) is 6.00. The molecular formula is C31H35ClN4O6. The number of rotatable bonds is 8. The van der Waals surface area contributed by atoms with Crippen molar-refractivity contribution in [2.45, 2.75) is 44.8 Å². The van der Waals surface area contributed by atoms with Crippen molar-refractivity contribution >= 4 is 23.4 Å². The topological polar surface area (TPSA) is 103 Å². The number of hydrogen-bond donors (Lipinski definition) is 0. The molecule has 2 aliphatic rings. The van der Waals surface area contributed by atoms with E-state index >= 15 is 0 Å². The summed E-state index contributed by atoms with van der Waals surface area (Å²) >= 11 is 6.31. The van der Waals surface area contributed by atoms with Gasteiger partial charge in [-0.3, -0.25) is 23.5 Å². The largest absolute Gasteiger partial charge is 0.495 e. The van der Waals surface area contributed by atoms with Gasteiger partial charge in [0, 0.05) is 44.5 Å². The Morgan fingerprint density at radius 2 is 1.69 bits per heavy atom. The van der Waals surface area contributed by atoms with Crippen molar-refractivity contribution in [3.63, 3.8) is 0 Å². The quantitative estimate of drug-likeness (QED) is 0.397. The number of amides is 2. The van der Waals surface area contributed by atoms with Crippen molar-refractivity contribution in [2.75, 3.05) is 40.5 Å². The number of piperidine rings is 1. The molecule has 42 heavy (non-hydrogen) atoms. The van der Waals surface area contributed by atoms with Gasteiger partial charge < -0.3 is 19.3 Å². The van der Waals surface area contributed by atoms with Gasteiger partial charge in [-0.1, -0.05) is 48.0 Å². The molecule has 0 aliphatic carbocycles. The summed E-state index contributed by atoms with van der Waals surface area (Å²) in [7, 11) is 2.94. The number of likely N-dealkylation sites (tertiary alicyclic amines) is 1. The van der Waals surface area contributed by atoms with Crippen LogP contribution in [0.1, 0.15) is 24.0 Å². The van der Waals surface area contributed by atoms with Gasteiger partial charge in [-0.2, -0.15) is 0 Å². The number of aromatic nitrogens is 2. The van der Waals surface area contributed by atoms with E-state index in [1.165, 1.54) is 30.5 Å². The number of methoxy groups -OCH3 is 2. The standard InChI is InChI=1S/C31H35ClN4O6/c1-41-17-16-36-30(39)25(24-8-5-9-26(32)29(24)42-2)19-34(31(36)40)20-28(38)33-13-11-23(12-14-33)35-15-10-21-6-3-4-7-22(21)18-27(35)37/h3-9,19,23H,10-18,20H2,1-2H3. The van der Waals surface area contributed by atoms with Crippen molar-refractivity contribution in [3.05, 3.63) is 85.6 Å². The van der Waals surface area contributed by atoms with Gasteiger partial charge in [0.1, 0.15) is 12.3 Å². The first-order valence-corrected chi connectivity index (χ1v) is 14.5. The normalized spacial score (nSPS) is 15.8. The fourth-order valence-corrected chi connectivity index (χ4v) is 6.17. The molecule has 0 radical (unpaired) electrons. The van der Waals surface area contributed by atoms with Gasteiger partial charge in [0.25, 0.3) is 5.56 Å². The zero-order chi connectivity index (χ0) is 29.8. The lowest BCUT2D eigenvalue weighted by molar-refractivity contribution is -0.136. The van der Waals surface area contributed by atoms with E-state index in [-0.39, 0.29) is 43.1 Å². The van der Waals surface area contributed by atoms with Crippen LogP contribution in [-0.2, 0) is 40.3 Å². The smallest absolute Gasteiger partial charge is 0.331 e. The lowest BCUT2D eigenvalue weighted by Gasteiger charge is -2.38. The van der Waals surface area contributed by atoms with E-state index in [1.54, 1.807) is 23.1 Å². The van der Waals surface area contributed by atoms with Gasteiger partial charge in [0.15, 0.2) is 0 Å². The molecule has 2 aliphatic heterocycles. The maximum atomic E-state index is 13.4. The Kier molecular flexibility index (Phi) is 9.13. The third-order valence-electron chi connectivity index (χ3n) is 8.18. The molecule has 10 nitrogen and oxygen atoms in total. The van der Waals surface area contributed by atoms with E-state index in [0.717, 1.165) is 16.6 Å². The first kappa shape index (κ1) is 29.6. The molecule has 0 saturated carbocycles. The minimum atomic E-state index is -0.597. The SMILES string of the molecule is COCCn1c(=O)c(-c2cccc(Cl)c2OC)cn(CC(=O)N2CCC(N3CCc4ccccc4CC3=O)CC2)c1=O. The lowest BCUT2D eigenvalue weighted by Crippen LogP contribution is -2.50. The monoisotopic (exact) mass is 594 g/mol. The molecule has 222 valence electrons. The number of nitrogens with zero attached hydrogens (tertiary/aromatic N) is 4. The minimum absolute atomic E-state index is 0.0260. The first-order valence-electron chi connectivity index (χ1n) is 14.1. The number of carbonyl (C=O) groups excluding carboxylic acids is 2. The summed E-state index contributed by atoms with van der Waals surface area (Å²) < 4.78 is 12.9. The van der Waals surface area contributed by atoms with Gasteiger partial charge in [0.2, 0.25) is 11.8 Å². The lowest BCUT2D eigenvalue weighted by atomic mass is 10.0. The van der Waals surface area contributed by atoms with Gasteiger partial charge >= 0.3 is 5.69 Å². The van der Waals surface area contributed by atoms with E-state index < -0.39 is 11.2 Å². The Morgan fingerprint density at radius 3 is 2.40 bits per heavy atom. The third-order valence-corrected chi connectivity index (χ3v) is 8.48. The molecule has 5 rings (SSSR count). The van der Waals surface area contributed by atoms with Crippen LogP contribution >= 0.6 is 11.6 Å². The second kappa shape index (κ2) is 13.0. The summed E-state index contributed by atoms with van der Waals surface area (Å²) in [6, 6.07) is 13.2. The van der Waals surface area contributed by atoms with Crippen LogP contribution in [0, 0.1) is 0 Å². The summed E-state index contributed by atoms with van der Waals surface area (Å²) in [4.78, 5) is 56.9. The molecule has 0 atom stereocenters. The van der Waals surface area contributed by atoms with Gasteiger partial charge in [0.05, 0.1) is 37.3 Å². The molecule has 1 aromatic heterocycles. The number of carbonyl (C=O) groups is 2. The van der Waals surface area contributed by atoms with Crippen LogP contribution < -0.4 is 16.0 Å². The Hall–Kier alpha value is -3.89. The van der Waals surface area contributed by atoms with Gasteiger partial charge in [-0.05, 0) is 36.5 Å². The fraction of sp³-hybridized carbons (Fsp3) is 0.419. The van der Waals surface area contributed by atoms with Crippen molar-refractivity contribution in [1.82, 2.24) is 18.9 Å². The van der Waals surface area contributed by atoms with Crippen molar-refractivity contribution < 1.29 is 19.1 Å². The predicted molar refractivity (Wildman–Crippen MR) is 159 cm³/mol. The van der Waals surface area contributed by atoms with Crippen LogP contribution in [0.15, 0.2) is 58.3 Å². The molecule has 0 bridgehead atoms. The van der Waals surface area contributed by atoms with Crippen LogP contribution in [-0.4, -0.2) is 77.3 Å². The summed E-state index contributed by atoms with van der Waals surface area (Å²) in [5, 5.41) is 0.321. The number of ether oxygens (including phenoxy) is 2. The second-order valence-corrected chi connectivity index (χ2v) is 11.0. The molecule has 3 heterocycles. The molecule has 2 amide bonds. The average molecular weight is 595 g/mol. The van der Waals surface area contributed by atoms with Crippen LogP contribution in [0.2, 0.25) is 5.02 Å². The van der Waals surface area contributed by atoms with E-state index in [1.807, 2.05) is 23.1 Å². The molecule has 2 aromatic carbocycles. The molecule has 0 spiro atoms. The maximum Gasteiger partial charge on any atom is 0.331 e. The zero-order valence-electron chi connectivity index (χ0n) is 23.9. The van der Waals surface area contributed by atoms with Gasteiger partial charge in [-0.25, -0.2) is 4.79 Å². The van der Waals surface area contributed by atoms with Crippen molar-refractivity contribution in [1.29, 1.82) is 0 Å². The first-order chi connectivity index (χ1) is 20.3. The Labute approximate surface area is 249 Å². The molecule has 3 aromatic rings.